The van der Waals surface area contributed by atoms with E-state index in [1.165, 1.54) is 33.8 Å². The summed E-state index contributed by atoms with van der Waals surface area (Å²) in [6, 6.07) is 8.90. The molecule has 2 amide bonds. The molecule has 1 aromatic carbocycles. The molecule has 0 radical (unpaired) electrons. The van der Waals surface area contributed by atoms with E-state index in [4.69, 9.17) is 16.3 Å². The van der Waals surface area contributed by atoms with Gasteiger partial charge in [0.05, 0.1) is 12.8 Å². The first-order valence-electron chi connectivity index (χ1n) is 9.31. The first-order chi connectivity index (χ1) is 13.7. The number of thiophene rings is 1. The molecule has 0 aliphatic heterocycles. The molecule has 3 aromatic rings. The Morgan fingerprint density at radius 1 is 1.25 bits per heavy atom. The molecule has 5 nitrogen and oxygen atoms in total. The van der Waals surface area contributed by atoms with Crippen molar-refractivity contribution in [1.82, 2.24) is 9.88 Å². The summed E-state index contributed by atoms with van der Waals surface area (Å²) in [6.07, 6.45) is 8.75. The number of hydrogen-bond acceptors (Lipinski definition) is 3. The van der Waals surface area contributed by atoms with Crippen LogP contribution in [0.5, 0.6) is 5.75 Å². The molecule has 1 aliphatic rings. The molecule has 2 N–H and O–H groups in total. The van der Waals surface area contributed by atoms with Crippen molar-refractivity contribution in [3.05, 3.63) is 63.8 Å². The molecule has 1 aliphatic carbocycles. The van der Waals surface area contributed by atoms with Crippen molar-refractivity contribution in [2.24, 2.45) is 0 Å². The molecule has 2 aromatic heterocycles. The van der Waals surface area contributed by atoms with Crippen molar-refractivity contribution in [2.75, 3.05) is 12.4 Å². The van der Waals surface area contributed by atoms with Crippen LogP contribution in [0.3, 0.4) is 0 Å². The van der Waals surface area contributed by atoms with Gasteiger partial charge in [-0.15, -0.1) is 11.3 Å². The van der Waals surface area contributed by atoms with Gasteiger partial charge in [-0.3, -0.25) is 0 Å². The van der Waals surface area contributed by atoms with Gasteiger partial charge in [0.25, 0.3) is 0 Å². The molecular weight excluding hydrogens is 394 g/mol. The summed E-state index contributed by atoms with van der Waals surface area (Å²) in [5.41, 5.74) is 3.16. The number of rotatable bonds is 5. The van der Waals surface area contributed by atoms with Gasteiger partial charge in [0.2, 0.25) is 0 Å². The molecule has 2 heterocycles. The minimum absolute atomic E-state index is 0.283. The van der Waals surface area contributed by atoms with E-state index >= 15 is 0 Å². The van der Waals surface area contributed by atoms with Gasteiger partial charge in [-0.05, 0) is 61.6 Å². The average Bonchev–Trinajstić information content (AvgIpc) is 3.34. The highest BCUT2D eigenvalue weighted by Gasteiger charge is 2.22. The Morgan fingerprint density at radius 3 is 2.82 bits per heavy atom. The third-order valence-corrected chi connectivity index (χ3v) is 6.52. The van der Waals surface area contributed by atoms with Crippen LogP contribution in [0.15, 0.2) is 42.7 Å². The fourth-order valence-corrected chi connectivity index (χ4v) is 5.14. The Morgan fingerprint density at radius 2 is 2.04 bits per heavy atom. The molecule has 0 fully saturated rings. The fraction of sp³-hybridized carbons (Fsp3) is 0.286. The summed E-state index contributed by atoms with van der Waals surface area (Å²) in [7, 11) is 1.56. The lowest BCUT2D eigenvalue weighted by Gasteiger charge is -2.15. The Bertz CT molecular complexity index is 982. The third-order valence-electron chi connectivity index (χ3n) is 4.93. The van der Waals surface area contributed by atoms with E-state index < -0.39 is 0 Å². The van der Waals surface area contributed by atoms with Gasteiger partial charge in [0, 0.05) is 34.4 Å². The number of carbonyl (C=O) groups is 1. The number of halogens is 1. The van der Waals surface area contributed by atoms with Crippen molar-refractivity contribution in [3.8, 4) is 10.8 Å². The minimum atomic E-state index is -0.283. The molecule has 7 heteroatoms. The van der Waals surface area contributed by atoms with Gasteiger partial charge in [0.1, 0.15) is 10.8 Å². The van der Waals surface area contributed by atoms with E-state index in [9.17, 15) is 4.79 Å². The topological polar surface area (TPSA) is 55.3 Å². The van der Waals surface area contributed by atoms with E-state index in [0.29, 0.717) is 23.0 Å². The van der Waals surface area contributed by atoms with E-state index in [2.05, 4.69) is 27.6 Å². The van der Waals surface area contributed by atoms with Crippen LogP contribution in [-0.4, -0.2) is 17.7 Å². The van der Waals surface area contributed by atoms with Crippen LogP contribution in [0, 0.1) is 0 Å². The summed E-state index contributed by atoms with van der Waals surface area (Å²) in [5.74, 6) is 0.570. The third kappa shape index (κ3) is 3.88. The molecular formula is C21H22ClN3O2S. The molecule has 0 bridgehead atoms. The molecule has 0 atom stereocenters. The molecule has 28 heavy (non-hydrogen) atoms. The van der Waals surface area contributed by atoms with Crippen molar-refractivity contribution < 1.29 is 9.53 Å². The SMILES string of the molecule is COc1ccc(Cl)cc1NC(=O)NCc1c(-n2cccc2)sc2c1CCCC2. The van der Waals surface area contributed by atoms with Gasteiger partial charge in [0.15, 0.2) is 0 Å². The minimum Gasteiger partial charge on any atom is -0.495 e. The highest BCUT2D eigenvalue weighted by Crippen LogP contribution is 2.37. The largest absolute Gasteiger partial charge is 0.495 e. The van der Waals surface area contributed by atoms with Crippen molar-refractivity contribution in [2.45, 2.75) is 32.2 Å². The van der Waals surface area contributed by atoms with E-state index in [1.807, 2.05) is 23.5 Å². The van der Waals surface area contributed by atoms with Gasteiger partial charge in [-0.1, -0.05) is 11.6 Å². The Kier molecular flexibility index (Phi) is 5.59. The van der Waals surface area contributed by atoms with E-state index in [1.54, 1.807) is 25.3 Å². The smallest absolute Gasteiger partial charge is 0.319 e. The summed E-state index contributed by atoms with van der Waals surface area (Å²) in [5, 5.41) is 7.57. The van der Waals surface area contributed by atoms with Crippen LogP contribution >= 0.6 is 22.9 Å². The number of amides is 2. The monoisotopic (exact) mass is 415 g/mol. The Labute approximate surface area is 173 Å². The number of methoxy groups -OCH3 is 1. The Hall–Kier alpha value is -2.44. The lowest BCUT2D eigenvalue weighted by Crippen LogP contribution is -2.29. The van der Waals surface area contributed by atoms with Crippen molar-refractivity contribution in [1.29, 1.82) is 0 Å². The number of aryl methyl sites for hydroxylation is 1. The number of ether oxygens (including phenoxy) is 1. The van der Waals surface area contributed by atoms with Crippen molar-refractivity contribution >= 4 is 34.7 Å². The second kappa shape index (κ2) is 8.29. The Balaban J connectivity index is 1.53. The zero-order valence-corrected chi connectivity index (χ0v) is 17.2. The van der Waals surface area contributed by atoms with Crippen LogP contribution in [0.2, 0.25) is 5.02 Å². The molecule has 0 saturated carbocycles. The first-order valence-corrected chi connectivity index (χ1v) is 10.5. The molecule has 0 spiro atoms. The van der Waals surface area contributed by atoms with E-state index in [-0.39, 0.29) is 6.03 Å². The summed E-state index contributed by atoms with van der Waals surface area (Å²) >= 11 is 7.88. The first kappa shape index (κ1) is 18.9. The lowest BCUT2D eigenvalue weighted by atomic mass is 9.95. The van der Waals surface area contributed by atoms with Gasteiger partial charge in [-0.25, -0.2) is 4.79 Å². The number of hydrogen-bond donors (Lipinski definition) is 2. The summed E-state index contributed by atoms with van der Waals surface area (Å²) in [4.78, 5) is 14.0. The predicted octanol–water partition coefficient (Wildman–Crippen LogP) is 5.40. The number of anilines is 1. The lowest BCUT2D eigenvalue weighted by molar-refractivity contribution is 0.251. The number of aromatic nitrogens is 1. The fourth-order valence-electron chi connectivity index (χ4n) is 3.59. The van der Waals surface area contributed by atoms with Gasteiger partial charge in [-0.2, -0.15) is 0 Å². The van der Waals surface area contributed by atoms with Gasteiger partial charge < -0.3 is 19.9 Å². The van der Waals surface area contributed by atoms with E-state index in [0.717, 1.165) is 12.8 Å². The quantitative estimate of drug-likeness (QED) is 0.586. The zero-order chi connectivity index (χ0) is 19.5. The number of carbonyl (C=O) groups excluding carboxylic acids is 1. The summed E-state index contributed by atoms with van der Waals surface area (Å²) in [6.45, 7) is 0.480. The number of urea groups is 1. The standard InChI is InChI=1S/C21H22ClN3O2S/c1-27-18-9-8-14(22)12-17(18)24-21(26)23-13-16-15-6-2-3-7-19(15)28-20(16)25-10-4-5-11-25/h4-5,8-12H,2-3,6-7,13H2,1H3,(H2,23,24,26). The molecule has 4 rings (SSSR count). The average molecular weight is 416 g/mol. The maximum absolute atomic E-state index is 12.5. The zero-order valence-electron chi connectivity index (χ0n) is 15.6. The van der Waals surface area contributed by atoms with Crippen LogP contribution in [0.4, 0.5) is 10.5 Å². The summed E-state index contributed by atoms with van der Waals surface area (Å²) < 4.78 is 7.43. The maximum atomic E-state index is 12.5. The highest BCUT2D eigenvalue weighted by atomic mass is 35.5. The molecule has 0 unspecified atom stereocenters. The normalized spacial score (nSPS) is 13.1. The van der Waals surface area contributed by atoms with Crippen LogP contribution < -0.4 is 15.4 Å². The number of nitrogens with zero attached hydrogens (tertiary/aromatic N) is 1. The highest BCUT2D eigenvalue weighted by molar-refractivity contribution is 7.14. The van der Waals surface area contributed by atoms with Crippen molar-refractivity contribution in [3.63, 3.8) is 0 Å². The van der Waals surface area contributed by atoms with Gasteiger partial charge >= 0.3 is 6.03 Å². The number of benzene rings is 1. The number of nitrogens with one attached hydrogen (secondary N) is 2. The molecule has 0 saturated heterocycles. The van der Waals surface area contributed by atoms with Crippen LogP contribution in [-0.2, 0) is 19.4 Å². The number of fused-ring (bicyclic) bond motifs is 1. The maximum Gasteiger partial charge on any atom is 0.319 e. The van der Waals surface area contributed by atoms with Crippen LogP contribution in [0.25, 0.3) is 5.00 Å². The predicted molar refractivity (Wildman–Crippen MR) is 114 cm³/mol. The van der Waals surface area contributed by atoms with Crippen LogP contribution in [0.1, 0.15) is 28.8 Å². The second-order valence-corrected chi connectivity index (χ2v) is 8.26. The molecule has 146 valence electrons. The second-order valence-electron chi connectivity index (χ2n) is 6.74.